The number of Topliss-reactive ketones (excluding diaryl/α,β-unsaturated/α-hetero) is 4. The maximum atomic E-state index is 14.7. The van der Waals surface area contributed by atoms with Crippen LogP contribution < -0.4 is 0 Å². The van der Waals surface area contributed by atoms with Gasteiger partial charge in [0, 0.05) is 89.9 Å². The smallest absolute Gasteiger partial charge is 0.410 e. The van der Waals surface area contributed by atoms with Gasteiger partial charge in [-0.1, -0.05) is 75.7 Å². The molecule has 5 aliphatic rings. The zero-order chi connectivity index (χ0) is 60.9. The molecule has 1 saturated carbocycles. The molecule has 454 valence electrons. The van der Waals surface area contributed by atoms with E-state index in [0.29, 0.717) is 55.0 Å². The first kappa shape index (κ1) is 63.9. The Hall–Kier alpha value is -6.15. The van der Waals surface area contributed by atoms with E-state index in [1.807, 2.05) is 74.8 Å². The highest BCUT2D eigenvalue weighted by atomic mass is 35.5. The van der Waals surface area contributed by atoms with Gasteiger partial charge in [0.05, 0.1) is 35.9 Å². The van der Waals surface area contributed by atoms with E-state index in [2.05, 4.69) is 22.1 Å². The first-order valence-electron chi connectivity index (χ1n) is 29.7. The number of ether oxygens (including phenoxy) is 5. The number of aromatic nitrogens is 3. The first-order chi connectivity index (χ1) is 39.9. The van der Waals surface area contributed by atoms with Crippen LogP contribution in [0.4, 0.5) is 4.79 Å². The van der Waals surface area contributed by atoms with Crippen molar-refractivity contribution in [3.8, 4) is 11.3 Å². The van der Waals surface area contributed by atoms with Crippen LogP contribution in [0.2, 0.25) is 5.02 Å². The van der Waals surface area contributed by atoms with E-state index in [1.54, 1.807) is 75.6 Å². The number of aryl methyl sites for hydroxylation is 1. The lowest BCUT2D eigenvalue weighted by atomic mass is 9.72. The largest absolute Gasteiger partial charge is 0.507 e. The number of ketones is 4. The number of methoxy groups -OCH3 is 1. The van der Waals surface area contributed by atoms with Crippen LogP contribution >= 0.6 is 11.6 Å². The van der Waals surface area contributed by atoms with Crippen LogP contribution in [0.1, 0.15) is 141 Å². The van der Waals surface area contributed by atoms with Crippen molar-refractivity contribution < 1.29 is 62.7 Å². The third kappa shape index (κ3) is 13.4. The summed E-state index contributed by atoms with van der Waals surface area (Å²) in [5.74, 6) is -5.66. The SMILES string of the molecule is CC[C@H]1OC(=O)[C@H](C)C(=O)[C@H](C)[C@@H](O[C@@H]2O[C@H](C)C[C@H](N(C)C)[C@H]2O)[C@](C)(OC)C[C@@H](C)C(=O)[C@H](C)[C@H]2N(CCCCn3cnc(-c4cccnc4)c3)C(=O)O[C@]12C.O=C1C(=O)c2ccccc2C(O)=C1C1CCC(c2ccc(Cl)cc2)CC1. The Kier molecular flexibility index (Phi) is 20.6. The highest BCUT2D eigenvalue weighted by Gasteiger charge is 2.60. The van der Waals surface area contributed by atoms with Crippen LogP contribution in [0.3, 0.4) is 0 Å². The van der Waals surface area contributed by atoms with Crippen LogP contribution in [0, 0.1) is 29.6 Å². The molecule has 84 heavy (non-hydrogen) atoms. The Morgan fingerprint density at radius 2 is 1.50 bits per heavy atom. The van der Waals surface area contributed by atoms with Gasteiger partial charge in [0.25, 0.3) is 0 Å². The molecular weight excluding hydrogens is 1090 g/mol. The number of carbonyl (C=O) groups excluding carboxylic acids is 6. The van der Waals surface area contributed by atoms with Gasteiger partial charge in [-0.25, -0.2) is 9.78 Å². The molecule has 18 nitrogen and oxygen atoms in total. The van der Waals surface area contributed by atoms with Crippen LogP contribution in [-0.2, 0) is 49.4 Å². The Bertz CT molecular complexity index is 3030. The molecule has 4 fully saturated rings. The van der Waals surface area contributed by atoms with E-state index in [9.17, 15) is 39.0 Å². The van der Waals surface area contributed by atoms with Crippen molar-refractivity contribution in [1.82, 2.24) is 24.3 Å². The number of carbonyl (C=O) groups is 6. The van der Waals surface area contributed by atoms with Gasteiger partial charge in [0.2, 0.25) is 11.6 Å². The second kappa shape index (κ2) is 27.0. The first-order valence-corrected chi connectivity index (χ1v) is 30.1. The number of benzene rings is 2. The standard InChI is InChI=1S/C43H65N5O10.C22H19ClO3/c1-12-33-43(8)37(48(41(53)58-43)19-14-13-18-47-23-31(45-24-47)30-16-15-17-44-22-30)27(4)34(49)25(2)21-42(7,54-11)38(28(5)35(50)29(6)39(52)56-33)57-40-36(51)32(46(9)10)20-26(3)55-40;23-16-11-9-14(10-12-16)13-5-7-15(8-6-13)19-20(24)17-3-1-2-4-18(17)21(25)22(19)26/h15-17,22-29,32-33,36-38,40,51H,12-14,18-21H2,1-11H3;1-4,9-13,15,24H,5-8H2/t25-,26-,27+,28+,29-,32+,33-,36-,37-,38-,40+,42-,43-;/m1./s1. The Morgan fingerprint density at radius 1 is 0.833 bits per heavy atom. The van der Waals surface area contributed by atoms with Gasteiger partial charge >= 0.3 is 12.1 Å². The second-order valence-electron chi connectivity index (χ2n) is 24.4. The van der Waals surface area contributed by atoms with Crippen LogP contribution in [-0.4, -0.2) is 151 Å². The minimum atomic E-state index is -1.40. The van der Waals surface area contributed by atoms with Crippen LogP contribution in [0.25, 0.3) is 17.0 Å². The Balaban J connectivity index is 0.000000292. The summed E-state index contributed by atoms with van der Waals surface area (Å²) in [4.78, 5) is 94.1. The number of likely N-dealkylation sites (N-methyl/N-ethyl adjacent to an activating group) is 1. The van der Waals surface area contributed by atoms with Crippen LogP contribution in [0.15, 0.2) is 91.2 Å². The number of imidazole rings is 1. The zero-order valence-corrected chi connectivity index (χ0v) is 51.1. The van der Waals surface area contributed by atoms with E-state index in [1.165, 1.54) is 19.6 Å². The zero-order valence-electron chi connectivity index (χ0n) is 50.4. The van der Waals surface area contributed by atoms with Gasteiger partial charge in [-0.3, -0.25) is 29.0 Å². The summed E-state index contributed by atoms with van der Waals surface area (Å²) in [6.07, 6.45) is 7.87. The average molecular weight is 1180 g/mol. The number of halogens is 1. The monoisotopic (exact) mass is 1180 g/mol. The second-order valence-corrected chi connectivity index (χ2v) is 24.8. The van der Waals surface area contributed by atoms with E-state index < -0.39 is 94.9 Å². The number of pyridine rings is 1. The lowest BCUT2D eigenvalue weighted by Gasteiger charge is -2.47. The Labute approximate surface area is 498 Å². The minimum Gasteiger partial charge on any atom is -0.507 e. The summed E-state index contributed by atoms with van der Waals surface area (Å²) in [6.45, 7) is 14.9. The number of aliphatic hydroxyl groups is 2. The molecule has 0 bridgehead atoms. The summed E-state index contributed by atoms with van der Waals surface area (Å²) in [5.41, 5.74) is 1.40. The van der Waals surface area contributed by atoms with E-state index >= 15 is 0 Å². The van der Waals surface area contributed by atoms with Crippen molar-refractivity contribution in [3.05, 3.63) is 113 Å². The third-order valence-electron chi connectivity index (χ3n) is 18.4. The molecule has 0 radical (unpaired) electrons. The number of rotatable bonds is 13. The molecule has 1 amide bonds. The van der Waals surface area contributed by atoms with E-state index in [-0.39, 0.29) is 42.4 Å². The molecule has 2 N–H and O–H groups in total. The fourth-order valence-corrected chi connectivity index (χ4v) is 13.8. The quantitative estimate of drug-likeness (QED) is 0.0549. The highest BCUT2D eigenvalue weighted by Crippen LogP contribution is 2.45. The molecular formula is C65H84ClN5O13. The van der Waals surface area contributed by atoms with Gasteiger partial charge in [-0.2, -0.15) is 0 Å². The van der Waals surface area contributed by atoms with Crippen molar-refractivity contribution in [3.63, 3.8) is 0 Å². The number of hydrogen-bond donors (Lipinski definition) is 2. The number of hydrogen-bond acceptors (Lipinski definition) is 16. The number of unbranched alkanes of at least 4 members (excludes halogenated alkanes) is 1. The van der Waals surface area contributed by atoms with Crippen molar-refractivity contribution in [1.29, 1.82) is 0 Å². The molecule has 9 rings (SSSR count). The lowest BCUT2D eigenvalue weighted by Crippen LogP contribution is -2.60. The topological polar surface area (TPSA) is 226 Å². The number of esters is 1. The van der Waals surface area contributed by atoms with Crippen molar-refractivity contribution in [2.75, 3.05) is 27.7 Å². The Morgan fingerprint density at radius 3 is 2.14 bits per heavy atom. The fourth-order valence-electron chi connectivity index (χ4n) is 13.6. The predicted molar refractivity (Wildman–Crippen MR) is 316 cm³/mol. The average Bonchev–Trinajstić information content (AvgIpc) is 3.05. The summed E-state index contributed by atoms with van der Waals surface area (Å²) in [6, 6.07) is 17.4. The molecule has 4 aromatic rings. The maximum Gasteiger partial charge on any atom is 0.410 e. The summed E-state index contributed by atoms with van der Waals surface area (Å²) in [5, 5.41) is 22.8. The molecule has 3 saturated heterocycles. The van der Waals surface area contributed by atoms with Crippen molar-refractivity contribution in [2.24, 2.45) is 29.6 Å². The van der Waals surface area contributed by atoms with Gasteiger partial charge in [-0.05, 0) is 141 Å². The number of amides is 1. The molecule has 19 heteroatoms. The minimum absolute atomic E-state index is 0.0138. The van der Waals surface area contributed by atoms with Gasteiger partial charge < -0.3 is 48.3 Å². The third-order valence-corrected chi connectivity index (χ3v) is 18.7. The molecule has 0 spiro atoms. The van der Waals surface area contributed by atoms with Gasteiger partial charge in [-0.15, -0.1) is 0 Å². The lowest BCUT2D eigenvalue weighted by molar-refractivity contribution is -0.295. The number of allylic oxidation sites excluding steroid dienone is 1. The number of nitrogens with zero attached hydrogens (tertiary/aromatic N) is 5. The predicted octanol–water partition coefficient (Wildman–Crippen LogP) is 10.3. The number of cyclic esters (lactones) is 1. The molecule has 2 aromatic carbocycles. The van der Waals surface area contributed by atoms with Crippen LogP contribution in [0.5, 0.6) is 0 Å². The number of aliphatic hydroxyl groups excluding tert-OH is 2. The summed E-state index contributed by atoms with van der Waals surface area (Å²) >= 11 is 5.96. The molecule has 5 heterocycles. The highest BCUT2D eigenvalue weighted by molar-refractivity contribution is 6.52. The van der Waals surface area contributed by atoms with E-state index in [0.717, 1.165) is 42.0 Å². The van der Waals surface area contributed by atoms with E-state index in [4.69, 9.17) is 35.3 Å². The molecule has 2 aromatic heterocycles. The van der Waals surface area contributed by atoms with Gasteiger partial charge in [0.1, 0.15) is 29.7 Å². The molecule has 0 unspecified atom stereocenters. The molecule has 3 aliphatic heterocycles. The van der Waals surface area contributed by atoms with Crippen molar-refractivity contribution >= 4 is 52.6 Å². The van der Waals surface area contributed by atoms with Gasteiger partial charge in [0.15, 0.2) is 17.7 Å². The van der Waals surface area contributed by atoms with Crippen molar-refractivity contribution in [2.45, 2.75) is 180 Å². The maximum absolute atomic E-state index is 14.7. The molecule has 13 atom stereocenters. The summed E-state index contributed by atoms with van der Waals surface area (Å²) < 4.78 is 33.2. The fraction of sp³-hybridized carbons (Fsp3) is 0.569. The summed E-state index contributed by atoms with van der Waals surface area (Å²) in [7, 11) is 5.24. The normalized spacial score (nSPS) is 32.5. The number of fused-ring (bicyclic) bond motifs is 2. The molecule has 2 aliphatic carbocycles.